The SMILES string of the molecule is COc1cc(C2(NC(=O)c3cc(OCC4CCC5CN(C(=O)O)CCN45)ccc3C)CC2)c2cccnc2c1. The van der Waals surface area contributed by atoms with Crippen LogP contribution in [0.5, 0.6) is 11.5 Å². The van der Waals surface area contributed by atoms with Gasteiger partial charge in [0.05, 0.1) is 18.2 Å². The number of nitrogens with zero attached hydrogens (tertiary/aromatic N) is 3. The van der Waals surface area contributed by atoms with Gasteiger partial charge in [-0.2, -0.15) is 0 Å². The van der Waals surface area contributed by atoms with E-state index in [4.69, 9.17) is 9.47 Å². The molecule has 2 atom stereocenters. The van der Waals surface area contributed by atoms with E-state index < -0.39 is 11.6 Å². The molecule has 3 aliphatic rings. The van der Waals surface area contributed by atoms with Gasteiger partial charge in [0, 0.05) is 54.9 Å². The molecule has 0 radical (unpaired) electrons. The second-order valence-corrected chi connectivity index (χ2v) is 10.9. The molecule has 3 aromatic rings. The lowest BCUT2D eigenvalue weighted by atomic mass is 9.97. The highest BCUT2D eigenvalue weighted by Crippen LogP contribution is 2.49. The van der Waals surface area contributed by atoms with E-state index in [1.807, 2.05) is 49.4 Å². The van der Waals surface area contributed by atoms with Crippen LogP contribution < -0.4 is 14.8 Å². The zero-order chi connectivity index (χ0) is 27.1. The third kappa shape index (κ3) is 4.87. The highest BCUT2D eigenvalue weighted by Gasteiger charge is 2.47. The predicted octanol–water partition coefficient (Wildman–Crippen LogP) is 4.18. The van der Waals surface area contributed by atoms with Gasteiger partial charge < -0.3 is 24.8 Å². The minimum atomic E-state index is -0.843. The van der Waals surface area contributed by atoms with Crippen LogP contribution in [0.25, 0.3) is 10.9 Å². The Morgan fingerprint density at radius 3 is 2.74 bits per heavy atom. The fourth-order valence-electron chi connectivity index (χ4n) is 6.18. The number of fused-ring (bicyclic) bond motifs is 2. The molecule has 1 saturated carbocycles. The van der Waals surface area contributed by atoms with Crippen molar-refractivity contribution in [3.05, 3.63) is 65.4 Å². The van der Waals surface area contributed by atoms with Crippen LogP contribution in [0, 0.1) is 6.92 Å². The minimum absolute atomic E-state index is 0.124. The molecule has 39 heavy (non-hydrogen) atoms. The first-order valence-electron chi connectivity index (χ1n) is 13.6. The number of ether oxygens (including phenoxy) is 2. The van der Waals surface area contributed by atoms with Crippen molar-refractivity contribution in [2.45, 2.75) is 50.2 Å². The van der Waals surface area contributed by atoms with Crippen LogP contribution in [-0.2, 0) is 5.54 Å². The van der Waals surface area contributed by atoms with Crippen molar-refractivity contribution in [2.24, 2.45) is 0 Å². The third-order valence-electron chi connectivity index (χ3n) is 8.55. The number of carbonyl (C=O) groups excluding carboxylic acids is 1. The molecule has 2 unspecified atom stereocenters. The Morgan fingerprint density at radius 1 is 1.13 bits per heavy atom. The maximum atomic E-state index is 13.6. The maximum absolute atomic E-state index is 13.6. The Bertz CT molecular complexity index is 1420. The van der Waals surface area contributed by atoms with Gasteiger partial charge >= 0.3 is 6.09 Å². The number of nitrogens with one attached hydrogen (secondary N) is 1. The zero-order valence-corrected chi connectivity index (χ0v) is 22.4. The number of carbonyl (C=O) groups is 2. The fraction of sp³-hybridized carbons (Fsp3) is 0.433. The molecule has 2 amide bonds. The first-order chi connectivity index (χ1) is 18.9. The Hall–Kier alpha value is -3.85. The number of pyridine rings is 1. The Kier molecular flexibility index (Phi) is 6.54. The summed E-state index contributed by atoms with van der Waals surface area (Å²) in [6, 6.07) is 14.1. The lowest BCUT2D eigenvalue weighted by Crippen LogP contribution is -2.54. The van der Waals surface area contributed by atoms with Crippen LogP contribution in [0.1, 0.15) is 47.2 Å². The van der Waals surface area contributed by atoms with E-state index in [0.717, 1.165) is 60.0 Å². The highest BCUT2D eigenvalue weighted by molar-refractivity contribution is 5.97. The fourth-order valence-corrected chi connectivity index (χ4v) is 6.18. The van der Waals surface area contributed by atoms with Crippen molar-refractivity contribution in [3.63, 3.8) is 0 Å². The highest BCUT2D eigenvalue weighted by atomic mass is 16.5. The number of aromatic nitrogens is 1. The van der Waals surface area contributed by atoms with Crippen LogP contribution in [0.4, 0.5) is 4.79 Å². The Labute approximate surface area is 227 Å². The second kappa shape index (κ2) is 10.0. The molecule has 0 bridgehead atoms. The summed E-state index contributed by atoms with van der Waals surface area (Å²) in [6.07, 6.45) is 4.56. The molecule has 2 aliphatic heterocycles. The van der Waals surface area contributed by atoms with E-state index in [9.17, 15) is 14.7 Å². The zero-order valence-electron chi connectivity index (χ0n) is 22.4. The Morgan fingerprint density at radius 2 is 1.97 bits per heavy atom. The molecule has 9 nitrogen and oxygen atoms in total. The average molecular weight is 531 g/mol. The summed E-state index contributed by atoms with van der Waals surface area (Å²) in [6.45, 7) is 4.26. The van der Waals surface area contributed by atoms with Crippen molar-refractivity contribution in [2.75, 3.05) is 33.4 Å². The molecule has 3 fully saturated rings. The normalized spacial score (nSPS) is 21.8. The molecule has 1 aromatic heterocycles. The lowest BCUT2D eigenvalue weighted by molar-refractivity contribution is 0.0592. The van der Waals surface area contributed by atoms with E-state index in [-0.39, 0.29) is 18.0 Å². The molecule has 2 N–H and O–H groups in total. The number of benzene rings is 2. The number of hydrogen-bond donors (Lipinski definition) is 2. The Balaban J connectivity index is 1.16. The predicted molar refractivity (Wildman–Crippen MR) is 146 cm³/mol. The van der Waals surface area contributed by atoms with Gasteiger partial charge in [-0.15, -0.1) is 0 Å². The largest absolute Gasteiger partial charge is 0.497 e. The van der Waals surface area contributed by atoms with Gasteiger partial charge in [-0.05, 0) is 68.0 Å². The van der Waals surface area contributed by atoms with Crippen LogP contribution in [-0.4, -0.2) is 77.3 Å². The van der Waals surface area contributed by atoms with E-state index in [1.54, 1.807) is 13.3 Å². The summed E-state index contributed by atoms with van der Waals surface area (Å²) in [5, 5.41) is 13.7. The maximum Gasteiger partial charge on any atom is 0.407 e. The molecule has 3 heterocycles. The van der Waals surface area contributed by atoms with Gasteiger partial charge in [0.25, 0.3) is 5.91 Å². The van der Waals surface area contributed by atoms with E-state index in [2.05, 4.69) is 15.2 Å². The average Bonchev–Trinajstić information content (AvgIpc) is 3.61. The van der Waals surface area contributed by atoms with Gasteiger partial charge in [0.15, 0.2) is 0 Å². The van der Waals surface area contributed by atoms with Gasteiger partial charge in [-0.3, -0.25) is 14.7 Å². The van der Waals surface area contributed by atoms with Crippen LogP contribution >= 0.6 is 0 Å². The molecule has 1 aliphatic carbocycles. The molecule has 2 saturated heterocycles. The molecular weight excluding hydrogens is 496 g/mol. The third-order valence-corrected chi connectivity index (χ3v) is 8.55. The molecular formula is C30H34N4O5. The first kappa shape index (κ1) is 25.4. The molecule has 6 rings (SSSR count). The summed E-state index contributed by atoms with van der Waals surface area (Å²) in [7, 11) is 1.64. The van der Waals surface area contributed by atoms with Gasteiger partial charge in [-0.1, -0.05) is 12.1 Å². The van der Waals surface area contributed by atoms with E-state index in [0.29, 0.717) is 31.0 Å². The van der Waals surface area contributed by atoms with Crippen LogP contribution in [0.15, 0.2) is 48.7 Å². The molecule has 9 heteroatoms. The van der Waals surface area contributed by atoms with Crippen molar-refractivity contribution in [1.29, 1.82) is 0 Å². The topological polar surface area (TPSA) is 104 Å². The molecule has 204 valence electrons. The van der Waals surface area contributed by atoms with Gasteiger partial charge in [0.2, 0.25) is 0 Å². The van der Waals surface area contributed by atoms with Gasteiger partial charge in [-0.25, -0.2) is 4.79 Å². The van der Waals surface area contributed by atoms with E-state index in [1.165, 1.54) is 4.90 Å². The smallest absolute Gasteiger partial charge is 0.407 e. The van der Waals surface area contributed by atoms with Crippen molar-refractivity contribution < 1.29 is 24.2 Å². The summed E-state index contributed by atoms with van der Waals surface area (Å²) >= 11 is 0. The summed E-state index contributed by atoms with van der Waals surface area (Å²) in [5.74, 6) is 1.27. The number of rotatable bonds is 7. The number of piperazine rings is 1. The summed E-state index contributed by atoms with van der Waals surface area (Å²) in [4.78, 5) is 33.3. The monoisotopic (exact) mass is 530 g/mol. The number of hydrogen-bond acceptors (Lipinski definition) is 6. The number of methoxy groups -OCH3 is 1. The van der Waals surface area contributed by atoms with E-state index >= 15 is 0 Å². The standard InChI is InChI=1S/C30H34N4O5/c1-19-5-8-22(39-18-21-7-6-20-17-33(29(36)37)12-13-34(20)21)14-25(19)28(35)32-30(9-10-30)26-15-23(38-2)16-27-24(26)4-3-11-31-27/h3-5,8,11,14-16,20-21H,6-7,9-10,12-13,17-18H2,1-2H3,(H,32,35)(H,36,37). The first-order valence-corrected chi connectivity index (χ1v) is 13.6. The minimum Gasteiger partial charge on any atom is -0.497 e. The number of carboxylic acid groups (broad SMARTS) is 1. The lowest BCUT2D eigenvalue weighted by Gasteiger charge is -2.38. The number of amides is 2. The summed E-state index contributed by atoms with van der Waals surface area (Å²) < 4.78 is 11.7. The molecule has 0 spiro atoms. The van der Waals surface area contributed by atoms with Gasteiger partial charge in [0.1, 0.15) is 18.1 Å². The van der Waals surface area contributed by atoms with Crippen LogP contribution in [0.2, 0.25) is 0 Å². The molecule has 2 aromatic carbocycles. The van der Waals surface area contributed by atoms with Crippen molar-refractivity contribution in [1.82, 2.24) is 20.1 Å². The second-order valence-electron chi connectivity index (χ2n) is 10.9. The summed E-state index contributed by atoms with van der Waals surface area (Å²) in [5.41, 5.74) is 2.91. The van der Waals surface area contributed by atoms with Crippen molar-refractivity contribution >= 4 is 22.9 Å². The quantitative estimate of drug-likeness (QED) is 0.472. The number of aryl methyl sites for hydroxylation is 1. The van der Waals surface area contributed by atoms with Crippen LogP contribution in [0.3, 0.4) is 0 Å². The van der Waals surface area contributed by atoms with Crippen molar-refractivity contribution in [3.8, 4) is 11.5 Å².